The van der Waals surface area contributed by atoms with Gasteiger partial charge in [-0.3, -0.25) is 14.6 Å². The van der Waals surface area contributed by atoms with Crippen LogP contribution in [0.25, 0.3) is 0 Å². The van der Waals surface area contributed by atoms with Gasteiger partial charge in [-0.25, -0.2) is 4.39 Å². The zero-order valence-electron chi connectivity index (χ0n) is 19.3. The molecule has 2 aromatic carbocycles. The number of nitrogens with one attached hydrogen (secondary N) is 1. The summed E-state index contributed by atoms with van der Waals surface area (Å²) in [6, 6.07) is 7.61. The minimum atomic E-state index is -4.86. The second-order valence-electron chi connectivity index (χ2n) is 7.63. The third-order valence-corrected chi connectivity index (χ3v) is 4.62. The van der Waals surface area contributed by atoms with Crippen molar-refractivity contribution in [2.45, 2.75) is 26.1 Å². The Labute approximate surface area is 203 Å². The van der Waals surface area contributed by atoms with Gasteiger partial charge >= 0.3 is 6.18 Å². The maximum atomic E-state index is 14.4. The minimum Gasteiger partial charge on any atom is -0.495 e. The number of benzene rings is 2. The minimum absolute atomic E-state index is 0.0236. The van der Waals surface area contributed by atoms with E-state index in [0.29, 0.717) is 6.07 Å². The molecule has 1 heterocycles. The molecule has 0 saturated carbocycles. The summed E-state index contributed by atoms with van der Waals surface area (Å²) in [5, 5.41) is 2.37. The molecule has 0 spiro atoms. The van der Waals surface area contributed by atoms with Gasteiger partial charge in [-0.2, -0.15) is 13.2 Å². The van der Waals surface area contributed by atoms with Crippen molar-refractivity contribution in [1.29, 1.82) is 0 Å². The number of carbonyl (C=O) groups excluding carboxylic acids is 2. The molecule has 1 aromatic heterocycles. The van der Waals surface area contributed by atoms with Gasteiger partial charge in [0.2, 0.25) is 0 Å². The molecule has 0 fully saturated rings. The lowest BCUT2D eigenvalue weighted by Crippen LogP contribution is -2.19. The number of primary amides is 1. The summed E-state index contributed by atoms with van der Waals surface area (Å²) < 4.78 is 71.2. The fourth-order valence-corrected chi connectivity index (χ4v) is 3.16. The summed E-state index contributed by atoms with van der Waals surface area (Å²) in [7, 11) is 0.959. The zero-order valence-corrected chi connectivity index (χ0v) is 19.3. The van der Waals surface area contributed by atoms with Crippen molar-refractivity contribution in [1.82, 2.24) is 4.98 Å². The van der Waals surface area contributed by atoms with Crippen LogP contribution < -0.4 is 25.3 Å². The number of aromatic nitrogens is 1. The summed E-state index contributed by atoms with van der Waals surface area (Å²) in [6.45, 7) is 3.41. The molecule has 0 atom stereocenters. The molecular weight excluding hydrogens is 486 g/mol. The Balaban J connectivity index is 2.06. The first kappa shape index (κ1) is 26.3. The molecule has 0 aliphatic rings. The van der Waals surface area contributed by atoms with Crippen LogP contribution in [-0.2, 0) is 6.18 Å². The number of carbonyl (C=O) groups is 2. The molecule has 0 aliphatic heterocycles. The summed E-state index contributed by atoms with van der Waals surface area (Å²) in [4.78, 5) is 28.2. The molecule has 12 heteroatoms. The second kappa shape index (κ2) is 10.5. The van der Waals surface area contributed by atoms with Crippen LogP contribution in [-0.4, -0.2) is 30.0 Å². The number of hydrogen-bond donors (Lipinski definition) is 2. The predicted octanol–water partition coefficient (Wildman–Crippen LogP) is 5.18. The number of halogens is 4. The van der Waals surface area contributed by atoms with Crippen LogP contribution in [0, 0.1) is 5.82 Å². The van der Waals surface area contributed by atoms with E-state index < -0.39 is 40.7 Å². The topological polar surface area (TPSA) is 113 Å². The van der Waals surface area contributed by atoms with Crippen molar-refractivity contribution in [2.75, 3.05) is 12.4 Å². The van der Waals surface area contributed by atoms with Crippen molar-refractivity contribution < 1.29 is 41.4 Å². The molecule has 0 radical (unpaired) electrons. The van der Waals surface area contributed by atoms with Crippen molar-refractivity contribution in [3.05, 3.63) is 71.3 Å². The first-order valence-electron chi connectivity index (χ1n) is 10.4. The summed E-state index contributed by atoms with van der Waals surface area (Å²) in [5.74, 6) is -4.04. The average molecular weight is 507 g/mol. The Morgan fingerprint density at radius 1 is 1.06 bits per heavy atom. The van der Waals surface area contributed by atoms with Gasteiger partial charge in [0, 0.05) is 18.0 Å². The molecule has 0 saturated heterocycles. The molecule has 8 nitrogen and oxygen atoms in total. The van der Waals surface area contributed by atoms with Crippen LogP contribution in [0.2, 0.25) is 0 Å². The van der Waals surface area contributed by atoms with E-state index >= 15 is 0 Å². The quantitative estimate of drug-likeness (QED) is 0.407. The molecule has 2 amide bonds. The number of rotatable bonds is 8. The smallest absolute Gasteiger partial charge is 0.419 e. The third kappa shape index (κ3) is 6.01. The highest BCUT2D eigenvalue weighted by Gasteiger charge is 2.38. The number of nitrogens with two attached hydrogens (primary N) is 1. The highest BCUT2D eigenvalue weighted by Crippen LogP contribution is 2.43. The number of methoxy groups -OCH3 is 1. The number of nitrogens with zero attached hydrogens (tertiary/aromatic N) is 1. The van der Waals surface area contributed by atoms with Crippen LogP contribution in [0.5, 0.6) is 23.0 Å². The van der Waals surface area contributed by atoms with Crippen LogP contribution in [0.15, 0.2) is 48.7 Å². The fraction of sp³-hybridized carbons (Fsp3) is 0.208. The molecule has 3 rings (SSSR count). The largest absolute Gasteiger partial charge is 0.495 e. The standard InChI is InChI=1S/C24H21F4N3O5/c1-12(2)35-18-6-4-14(11-16(18)25)36-19-7-5-15(24(26,27)28)21(34-3)20(19)23(33)31-13-8-9-30-17(10-13)22(29)32/h4-12H,1-3H3,(H2,29,32)(H,30,31,33). The van der Waals surface area contributed by atoms with Crippen LogP contribution in [0.3, 0.4) is 0 Å². The predicted molar refractivity (Wildman–Crippen MR) is 121 cm³/mol. The second-order valence-corrected chi connectivity index (χ2v) is 7.63. The van der Waals surface area contributed by atoms with Gasteiger partial charge in [-0.15, -0.1) is 0 Å². The Morgan fingerprint density at radius 3 is 2.33 bits per heavy atom. The van der Waals surface area contributed by atoms with E-state index in [1.54, 1.807) is 13.8 Å². The highest BCUT2D eigenvalue weighted by molar-refractivity contribution is 6.09. The maximum Gasteiger partial charge on any atom is 0.419 e. The zero-order chi connectivity index (χ0) is 26.6. The summed E-state index contributed by atoms with van der Waals surface area (Å²) in [6.07, 6.45) is -3.99. The van der Waals surface area contributed by atoms with Gasteiger partial charge in [0.05, 0.1) is 18.8 Å². The maximum absolute atomic E-state index is 14.4. The van der Waals surface area contributed by atoms with Gasteiger partial charge in [-0.1, -0.05) is 0 Å². The SMILES string of the molecule is COc1c(C(F)(F)F)ccc(Oc2ccc(OC(C)C)c(F)c2)c1C(=O)Nc1ccnc(C(N)=O)c1. The lowest BCUT2D eigenvalue weighted by atomic mass is 10.1. The number of ether oxygens (including phenoxy) is 3. The van der Waals surface area contributed by atoms with Gasteiger partial charge in [0.25, 0.3) is 11.8 Å². The van der Waals surface area contributed by atoms with Crippen molar-refractivity contribution in [3.63, 3.8) is 0 Å². The molecule has 190 valence electrons. The van der Waals surface area contributed by atoms with E-state index in [1.165, 1.54) is 24.4 Å². The van der Waals surface area contributed by atoms with E-state index in [-0.39, 0.29) is 34.7 Å². The molecule has 0 unspecified atom stereocenters. The molecule has 36 heavy (non-hydrogen) atoms. The first-order chi connectivity index (χ1) is 16.9. The summed E-state index contributed by atoms with van der Waals surface area (Å²) >= 11 is 0. The van der Waals surface area contributed by atoms with Crippen molar-refractivity contribution in [3.8, 4) is 23.0 Å². The molecule has 0 bridgehead atoms. The Morgan fingerprint density at radius 2 is 1.75 bits per heavy atom. The fourth-order valence-electron chi connectivity index (χ4n) is 3.16. The van der Waals surface area contributed by atoms with E-state index in [0.717, 1.165) is 25.3 Å². The molecule has 3 aromatic rings. The highest BCUT2D eigenvalue weighted by atomic mass is 19.4. The van der Waals surface area contributed by atoms with E-state index in [4.69, 9.17) is 19.9 Å². The number of amides is 2. The number of alkyl halides is 3. The van der Waals surface area contributed by atoms with Crippen LogP contribution in [0.1, 0.15) is 40.3 Å². The Hall–Kier alpha value is -4.35. The Bertz CT molecular complexity index is 1300. The van der Waals surface area contributed by atoms with Crippen molar-refractivity contribution >= 4 is 17.5 Å². The van der Waals surface area contributed by atoms with Crippen molar-refractivity contribution in [2.24, 2.45) is 5.73 Å². The number of hydrogen-bond acceptors (Lipinski definition) is 6. The van der Waals surface area contributed by atoms with Crippen LogP contribution >= 0.6 is 0 Å². The van der Waals surface area contributed by atoms with E-state index in [2.05, 4.69) is 10.3 Å². The van der Waals surface area contributed by atoms with Crippen LogP contribution in [0.4, 0.5) is 23.2 Å². The first-order valence-corrected chi connectivity index (χ1v) is 10.4. The number of pyridine rings is 1. The molecule has 0 aliphatic carbocycles. The van der Waals surface area contributed by atoms with E-state index in [1.807, 2.05) is 0 Å². The van der Waals surface area contributed by atoms with Gasteiger partial charge in [0.1, 0.15) is 28.5 Å². The third-order valence-electron chi connectivity index (χ3n) is 4.62. The average Bonchev–Trinajstić information content (AvgIpc) is 2.79. The summed E-state index contributed by atoms with van der Waals surface area (Å²) in [5.41, 5.74) is 3.17. The molecular formula is C24H21F4N3O5. The van der Waals surface area contributed by atoms with Gasteiger partial charge < -0.3 is 25.3 Å². The monoisotopic (exact) mass is 507 g/mol. The number of anilines is 1. The lowest BCUT2D eigenvalue weighted by Gasteiger charge is -2.19. The lowest BCUT2D eigenvalue weighted by molar-refractivity contribution is -0.138. The van der Waals surface area contributed by atoms with Gasteiger partial charge in [0.15, 0.2) is 11.6 Å². The van der Waals surface area contributed by atoms with E-state index in [9.17, 15) is 27.2 Å². The Kier molecular flexibility index (Phi) is 7.66. The van der Waals surface area contributed by atoms with Gasteiger partial charge in [-0.05, 0) is 50.2 Å². The normalized spacial score (nSPS) is 11.2. The molecule has 3 N–H and O–H groups in total.